The van der Waals surface area contributed by atoms with E-state index in [0.29, 0.717) is 5.69 Å². The Hall–Kier alpha value is -1.86. The Morgan fingerprint density at radius 2 is 2.00 bits per heavy atom. The molecule has 1 aliphatic heterocycles. The van der Waals surface area contributed by atoms with E-state index in [2.05, 4.69) is 17.7 Å². The second-order valence-corrected chi connectivity index (χ2v) is 3.95. The first-order chi connectivity index (χ1) is 8.00. The first-order valence-electron chi connectivity index (χ1n) is 4.71. The lowest BCUT2D eigenvalue weighted by molar-refractivity contribution is -0.130. The van der Waals surface area contributed by atoms with Gasteiger partial charge in [0.1, 0.15) is 6.04 Å². The summed E-state index contributed by atoms with van der Waals surface area (Å²) in [6.45, 7) is 0. The molecule has 0 saturated heterocycles. The maximum absolute atomic E-state index is 11.7. The number of nitrogens with two attached hydrogens (primary N) is 1. The predicted molar refractivity (Wildman–Crippen MR) is 64.2 cm³/mol. The van der Waals surface area contributed by atoms with Crippen LogP contribution in [0.4, 0.5) is 5.69 Å². The van der Waals surface area contributed by atoms with Crippen molar-refractivity contribution in [3.8, 4) is 0 Å². The predicted octanol–water partition coefficient (Wildman–Crippen LogP) is 0.0898. The average molecular weight is 251 g/mol. The van der Waals surface area contributed by atoms with E-state index in [1.807, 2.05) is 0 Å². The molecule has 7 heteroatoms. The number of rotatable bonds is 2. The number of hydrogen-bond acceptors (Lipinski definition) is 5. The fraction of sp³-hybridized carbons (Fsp3) is 0.100. The molecule has 0 fully saturated rings. The number of hydrazone groups is 1. The van der Waals surface area contributed by atoms with Crippen LogP contribution in [-0.2, 0) is 9.59 Å². The average Bonchev–Trinajstić information content (AvgIpc) is 2.58. The van der Waals surface area contributed by atoms with Gasteiger partial charge in [0.05, 0.1) is 5.69 Å². The van der Waals surface area contributed by atoms with E-state index in [0.717, 1.165) is 9.90 Å². The van der Waals surface area contributed by atoms with Crippen molar-refractivity contribution in [1.29, 1.82) is 0 Å². The summed E-state index contributed by atoms with van der Waals surface area (Å²) in [5.74, 6) is -1.85. The molecule has 1 unspecified atom stereocenters. The van der Waals surface area contributed by atoms with Crippen LogP contribution in [0.1, 0.15) is 0 Å². The lowest BCUT2D eigenvalue weighted by Crippen LogP contribution is -2.41. The van der Waals surface area contributed by atoms with Crippen LogP contribution in [0.5, 0.6) is 0 Å². The van der Waals surface area contributed by atoms with Crippen molar-refractivity contribution in [3.05, 3.63) is 24.3 Å². The molecule has 0 spiro atoms. The zero-order valence-corrected chi connectivity index (χ0v) is 9.46. The van der Waals surface area contributed by atoms with Gasteiger partial charge < -0.3 is 10.8 Å². The summed E-state index contributed by atoms with van der Waals surface area (Å²) in [6.07, 6.45) is 0. The molecular weight excluding hydrogens is 242 g/mol. The van der Waals surface area contributed by atoms with Gasteiger partial charge in [-0.05, 0) is 24.3 Å². The minimum absolute atomic E-state index is 0.357. The van der Waals surface area contributed by atoms with Gasteiger partial charge in [0, 0.05) is 4.90 Å². The molecule has 0 radical (unpaired) electrons. The maximum Gasteiger partial charge on any atom is 0.354 e. The molecule has 88 valence electrons. The number of benzene rings is 1. The first kappa shape index (κ1) is 11.6. The van der Waals surface area contributed by atoms with Crippen molar-refractivity contribution in [2.24, 2.45) is 10.8 Å². The monoisotopic (exact) mass is 251 g/mol. The molecule has 3 N–H and O–H groups in total. The van der Waals surface area contributed by atoms with E-state index >= 15 is 0 Å². The summed E-state index contributed by atoms with van der Waals surface area (Å²) in [7, 11) is 0. The second kappa shape index (κ2) is 4.19. The highest BCUT2D eigenvalue weighted by Gasteiger charge is 2.37. The highest BCUT2D eigenvalue weighted by Crippen LogP contribution is 2.21. The van der Waals surface area contributed by atoms with Gasteiger partial charge in [-0.15, -0.1) is 12.6 Å². The quantitative estimate of drug-likeness (QED) is 0.649. The first-order valence-corrected chi connectivity index (χ1v) is 5.16. The third-order valence-electron chi connectivity index (χ3n) is 2.29. The summed E-state index contributed by atoms with van der Waals surface area (Å²) >= 11 is 4.11. The number of aliphatic carboxylic acids is 1. The van der Waals surface area contributed by atoms with Crippen LogP contribution in [0, 0.1) is 0 Å². The van der Waals surface area contributed by atoms with E-state index in [1.54, 1.807) is 24.3 Å². The lowest BCUT2D eigenvalue weighted by Gasteiger charge is -2.12. The van der Waals surface area contributed by atoms with Crippen LogP contribution in [-0.4, -0.2) is 28.7 Å². The van der Waals surface area contributed by atoms with Crippen LogP contribution < -0.4 is 10.7 Å². The maximum atomic E-state index is 11.7. The van der Waals surface area contributed by atoms with Crippen molar-refractivity contribution in [3.63, 3.8) is 0 Å². The molecule has 17 heavy (non-hydrogen) atoms. The van der Waals surface area contributed by atoms with E-state index in [-0.39, 0.29) is 5.71 Å². The summed E-state index contributed by atoms with van der Waals surface area (Å²) < 4.78 is 0. The van der Waals surface area contributed by atoms with Crippen LogP contribution in [0.25, 0.3) is 0 Å². The minimum Gasteiger partial charge on any atom is -0.477 e. The molecule has 1 aromatic rings. The van der Waals surface area contributed by atoms with Crippen molar-refractivity contribution in [2.45, 2.75) is 10.9 Å². The molecule has 1 aliphatic rings. The summed E-state index contributed by atoms with van der Waals surface area (Å²) in [5.41, 5.74) is 5.56. The Labute approximate surface area is 102 Å². The largest absolute Gasteiger partial charge is 0.477 e. The number of anilines is 1. The molecule has 1 atom stereocenters. The molecule has 0 aromatic heterocycles. The van der Waals surface area contributed by atoms with Crippen molar-refractivity contribution < 1.29 is 14.7 Å². The highest BCUT2D eigenvalue weighted by molar-refractivity contribution is 7.80. The molecule has 1 aromatic carbocycles. The third kappa shape index (κ3) is 2.02. The zero-order chi connectivity index (χ0) is 12.6. The number of thiol groups is 1. The van der Waals surface area contributed by atoms with Gasteiger partial charge in [0.25, 0.3) is 5.91 Å². The Morgan fingerprint density at radius 1 is 1.41 bits per heavy atom. The summed E-state index contributed by atoms with van der Waals surface area (Å²) in [6, 6.07) is 5.35. The van der Waals surface area contributed by atoms with E-state index < -0.39 is 17.9 Å². The molecule has 0 bridgehead atoms. The molecule has 0 aliphatic carbocycles. The molecule has 6 nitrogen and oxygen atoms in total. The highest BCUT2D eigenvalue weighted by atomic mass is 32.1. The molecule has 0 saturated carbocycles. The number of hydrogen-bond donors (Lipinski definition) is 3. The molecular formula is C10H9N3O3S. The smallest absolute Gasteiger partial charge is 0.354 e. The van der Waals surface area contributed by atoms with Crippen LogP contribution >= 0.6 is 12.6 Å². The number of carbonyl (C=O) groups is 2. The Bertz CT molecular complexity index is 512. The van der Waals surface area contributed by atoms with Crippen molar-refractivity contribution in [1.82, 2.24) is 0 Å². The topological polar surface area (TPSA) is 96.0 Å². The van der Waals surface area contributed by atoms with Crippen LogP contribution in [0.2, 0.25) is 0 Å². The number of carbonyl (C=O) groups excluding carboxylic acids is 1. The van der Waals surface area contributed by atoms with Crippen molar-refractivity contribution in [2.75, 3.05) is 5.01 Å². The third-order valence-corrected chi connectivity index (χ3v) is 2.59. The number of nitrogens with zero attached hydrogens (tertiary/aromatic N) is 2. The molecule has 2 rings (SSSR count). The number of carboxylic acid groups (broad SMARTS) is 1. The number of carboxylic acids is 1. The van der Waals surface area contributed by atoms with Gasteiger partial charge in [0.15, 0.2) is 5.71 Å². The number of amides is 1. The van der Waals surface area contributed by atoms with Gasteiger partial charge in [-0.2, -0.15) is 10.1 Å². The lowest BCUT2D eigenvalue weighted by atomic mass is 10.2. The van der Waals surface area contributed by atoms with E-state index in [9.17, 15) is 9.59 Å². The summed E-state index contributed by atoms with van der Waals surface area (Å²) in [4.78, 5) is 23.2. The van der Waals surface area contributed by atoms with Gasteiger partial charge >= 0.3 is 5.97 Å². The molecule has 1 amide bonds. The second-order valence-electron chi connectivity index (χ2n) is 3.43. The summed E-state index contributed by atoms with van der Waals surface area (Å²) in [5, 5.41) is 13.5. The Balaban J connectivity index is 2.37. The SMILES string of the molecule is NC1C(=O)N(c2ccc(S)cc2)N=C1C(=O)O. The zero-order valence-electron chi connectivity index (χ0n) is 8.57. The van der Waals surface area contributed by atoms with Gasteiger partial charge in [-0.3, -0.25) is 4.79 Å². The van der Waals surface area contributed by atoms with Gasteiger partial charge in [-0.1, -0.05) is 0 Å². The van der Waals surface area contributed by atoms with E-state index in [1.165, 1.54) is 0 Å². The van der Waals surface area contributed by atoms with Crippen molar-refractivity contribution >= 4 is 35.9 Å². The van der Waals surface area contributed by atoms with E-state index in [4.69, 9.17) is 10.8 Å². The van der Waals surface area contributed by atoms with Crippen LogP contribution in [0.15, 0.2) is 34.3 Å². The standard InChI is InChI=1S/C10H9N3O3S/c11-7-8(10(15)16)12-13(9(7)14)5-1-3-6(17)4-2-5/h1-4,7,17H,11H2,(H,15,16). The van der Waals surface area contributed by atoms with Gasteiger partial charge in [0.2, 0.25) is 0 Å². The fourth-order valence-corrected chi connectivity index (χ4v) is 1.57. The van der Waals surface area contributed by atoms with Gasteiger partial charge in [-0.25, -0.2) is 4.79 Å². The normalized spacial score (nSPS) is 19.4. The Morgan fingerprint density at radius 3 is 2.47 bits per heavy atom. The Kier molecular flexibility index (Phi) is 2.86. The molecule has 1 heterocycles. The fourth-order valence-electron chi connectivity index (χ4n) is 1.42. The van der Waals surface area contributed by atoms with Crippen LogP contribution in [0.3, 0.4) is 0 Å². The minimum atomic E-state index is -1.29.